The largest absolute Gasteiger partial charge is 0.467 e. The first-order valence-electron chi connectivity index (χ1n) is 6.26. The van der Waals surface area contributed by atoms with Gasteiger partial charge < -0.3 is 14.5 Å². The fraction of sp³-hybridized carbons (Fsp3) is 0.385. The van der Waals surface area contributed by atoms with Gasteiger partial charge in [0.1, 0.15) is 5.76 Å². The fourth-order valence-electron chi connectivity index (χ4n) is 2.23. The molecule has 6 nitrogen and oxygen atoms in total. The zero-order chi connectivity index (χ0) is 13.1. The molecule has 0 aliphatic carbocycles. The van der Waals surface area contributed by atoms with Gasteiger partial charge in [0.05, 0.1) is 36.9 Å². The second-order valence-corrected chi connectivity index (χ2v) is 4.52. The maximum Gasteiger partial charge on any atom is 0.255 e. The Morgan fingerprint density at radius 1 is 1.58 bits per heavy atom. The molecule has 3 heterocycles. The maximum absolute atomic E-state index is 12.1. The topological polar surface area (TPSA) is 80.2 Å². The molecule has 2 aromatic heterocycles. The summed E-state index contributed by atoms with van der Waals surface area (Å²) >= 11 is 0. The smallest absolute Gasteiger partial charge is 0.255 e. The van der Waals surface area contributed by atoms with Gasteiger partial charge >= 0.3 is 0 Å². The molecule has 6 heteroatoms. The number of furan rings is 1. The van der Waals surface area contributed by atoms with E-state index in [1.165, 1.54) is 0 Å². The Morgan fingerprint density at radius 3 is 3.26 bits per heavy atom. The van der Waals surface area contributed by atoms with Crippen molar-refractivity contribution in [2.24, 2.45) is 0 Å². The molecular weight excluding hydrogens is 246 g/mol. The lowest BCUT2D eigenvalue weighted by Gasteiger charge is -2.08. The quantitative estimate of drug-likeness (QED) is 0.872. The highest BCUT2D eigenvalue weighted by Gasteiger charge is 2.25. The van der Waals surface area contributed by atoms with Crippen LogP contribution in [0.15, 0.2) is 29.0 Å². The van der Waals surface area contributed by atoms with Crippen molar-refractivity contribution in [2.75, 3.05) is 13.2 Å². The van der Waals surface area contributed by atoms with E-state index in [1.807, 2.05) is 6.07 Å². The molecule has 0 aromatic carbocycles. The number of hydrogen-bond donors (Lipinski definition) is 2. The van der Waals surface area contributed by atoms with Crippen LogP contribution < -0.4 is 5.32 Å². The van der Waals surface area contributed by atoms with E-state index in [9.17, 15) is 4.79 Å². The maximum atomic E-state index is 12.1. The van der Waals surface area contributed by atoms with Gasteiger partial charge in [0, 0.05) is 12.5 Å². The lowest BCUT2D eigenvalue weighted by atomic mass is 10.0. The number of aromatic nitrogens is 2. The average Bonchev–Trinajstić information content (AvgIpc) is 3.14. The predicted octanol–water partition coefficient (Wildman–Crippen LogP) is 1.44. The normalized spacial score (nSPS) is 18.6. The number of nitrogens with zero attached hydrogens (tertiary/aromatic N) is 1. The number of carbonyl (C=O) groups is 1. The van der Waals surface area contributed by atoms with Gasteiger partial charge in [-0.05, 0) is 18.6 Å². The molecule has 0 bridgehead atoms. The van der Waals surface area contributed by atoms with E-state index in [0.29, 0.717) is 18.7 Å². The Labute approximate surface area is 110 Å². The lowest BCUT2D eigenvalue weighted by molar-refractivity contribution is 0.0946. The van der Waals surface area contributed by atoms with Crippen molar-refractivity contribution in [1.82, 2.24) is 15.5 Å². The Morgan fingerprint density at radius 2 is 2.53 bits per heavy atom. The van der Waals surface area contributed by atoms with E-state index in [2.05, 4.69) is 15.5 Å². The summed E-state index contributed by atoms with van der Waals surface area (Å²) in [5.41, 5.74) is 1.44. The molecule has 0 radical (unpaired) electrons. The minimum Gasteiger partial charge on any atom is -0.467 e. The van der Waals surface area contributed by atoms with Crippen LogP contribution in [0.25, 0.3) is 0 Å². The highest BCUT2D eigenvalue weighted by atomic mass is 16.5. The molecule has 2 aromatic rings. The number of amides is 1. The minimum atomic E-state index is -0.146. The van der Waals surface area contributed by atoms with Gasteiger partial charge in [-0.3, -0.25) is 9.89 Å². The summed E-state index contributed by atoms with van der Waals surface area (Å²) in [7, 11) is 0. The number of rotatable bonds is 4. The molecular formula is C13H15N3O3. The summed E-state index contributed by atoms with van der Waals surface area (Å²) in [6.07, 6.45) is 4.06. The zero-order valence-corrected chi connectivity index (χ0v) is 10.4. The third kappa shape index (κ3) is 2.53. The Bertz CT molecular complexity index is 541. The van der Waals surface area contributed by atoms with Crippen LogP contribution in [-0.2, 0) is 11.3 Å². The van der Waals surface area contributed by atoms with Crippen LogP contribution in [0.4, 0.5) is 0 Å². The van der Waals surface area contributed by atoms with Crippen LogP contribution >= 0.6 is 0 Å². The Kier molecular flexibility index (Phi) is 3.33. The fourth-order valence-corrected chi connectivity index (χ4v) is 2.23. The summed E-state index contributed by atoms with van der Waals surface area (Å²) in [4.78, 5) is 12.1. The van der Waals surface area contributed by atoms with Crippen molar-refractivity contribution < 1.29 is 13.9 Å². The molecule has 2 N–H and O–H groups in total. The van der Waals surface area contributed by atoms with Gasteiger partial charge in [-0.1, -0.05) is 0 Å². The van der Waals surface area contributed by atoms with E-state index in [1.54, 1.807) is 18.5 Å². The molecule has 1 aliphatic rings. The molecule has 3 rings (SSSR count). The first-order chi connectivity index (χ1) is 9.34. The first-order valence-corrected chi connectivity index (χ1v) is 6.26. The molecule has 19 heavy (non-hydrogen) atoms. The van der Waals surface area contributed by atoms with E-state index in [4.69, 9.17) is 9.15 Å². The zero-order valence-electron chi connectivity index (χ0n) is 10.4. The number of hydrogen-bond acceptors (Lipinski definition) is 4. The van der Waals surface area contributed by atoms with Gasteiger partial charge in [-0.25, -0.2) is 0 Å². The molecule has 0 saturated carbocycles. The van der Waals surface area contributed by atoms with Gasteiger partial charge in [-0.15, -0.1) is 0 Å². The molecule has 1 atom stereocenters. The summed E-state index contributed by atoms with van der Waals surface area (Å²) in [6.45, 7) is 1.75. The third-order valence-electron chi connectivity index (χ3n) is 3.25. The van der Waals surface area contributed by atoms with Crippen LogP contribution in [0.5, 0.6) is 0 Å². The van der Waals surface area contributed by atoms with Gasteiger partial charge in [-0.2, -0.15) is 5.10 Å². The summed E-state index contributed by atoms with van der Waals surface area (Å²) in [6, 6.07) is 3.61. The summed E-state index contributed by atoms with van der Waals surface area (Å²) in [5.74, 6) is 0.807. The highest BCUT2D eigenvalue weighted by molar-refractivity contribution is 5.95. The van der Waals surface area contributed by atoms with Crippen molar-refractivity contribution in [3.8, 4) is 0 Å². The first kappa shape index (κ1) is 12.0. The van der Waals surface area contributed by atoms with Gasteiger partial charge in [0.25, 0.3) is 5.91 Å². The minimum absolute atomic E-state index is 0.146. The second-order valence-electron chi connectivity index (χ2n) is 4.52. The Hall–Kier alpha value is -2.08. The van der Waals surface area contributed by atoms with Crippen LogP contribution in [0, 0.1) is 0 Å². The number of carbonyl (C=O) groups excluding carboxylic acids is 1. The Balaban J connectivity index is 1.67. The molecule has 1 saturated heterocycles. The highest BCUT2D eigenvalue weighted by Crippen LogP contribution is 2.25. The number of ether oxygens (including phenoxy) is 1. The van der Waals surface area contributed by atoms with Crippen molar-refractivity contribution in [2.45, 2.75) is 18.9 Å². The van der Waals surface area contributed by atoms with Crippen LogP contribution in [0.3, 0.4) is 0 Å². The van der Waals surface area contributed by atoms with Crippen molar-refractivity contribution in [3.05, 3.63) is 41.6 Å². The van der Waals surface area contributed by atoms with Crippen molar-refractivity contribution in [1.29, 1.82) is 0 Å². The average molecular weight is 261 g/mol. The van der Waals surface area contributed by atoms with E-state index < -0.39 is 0 Å². The van der Waals surface area contributed by atoms with Crippen LogP contribution in [0.1, 0.15) is 34.2 Å². The standard InChI is InChI=1S/C13H15N3O3/c17-13(14-6-10-2-1-4-19-10)11-7-15-16-12(11)9-3-5-18-8-9/h1-2,4,7,9H,3,5-6,8H2,(H,14,17)(H,15,16)/t9-/m0/s1. The van der Waals surface area contributed by atoms with Crippen molar-refractivity contribution in [3.63, 3.8) is 0 Å². The lowest BCUT2D eigenvalue weighted by Crippen LogP contribution is -2.23. The molecule has 100 valence electrons. The number of nitrogens with one attached hydrogen (secondary N) is 2. The number of aromatic amines is 1. The molecule has 1 amide bonds. The van der Waals surface area contributed by atoms with E-state index in [-0.39, 0.29) is 11.8 Å². The van der Waals surface area contributed by atoms with Crippen LogP contribution in [-0.4, -0.2) is 29.3 Å². The monoisotopic (exact) mass is 261 g/mol. The predicted molar refractivity (Wildman–Crippen MR) is 66.6 cm³/mol. The SMILES string of the molecule is O=C(NCc1ccco1)c1cn[nH]c1[C@H]1CCOC1. The third-order valence-corrected chi connectivity index (χ3v) is 3.25. The molecule has 1 fully saturated rings. The molecule has 1 aliphatic heterocycles. The van der Waals surface area contributed by atoms with Crippen LogP contribution in [0.2, 0.25) is 0 Å². The summed E-state index contributed by atoms with van der Waals surface area (Å²) < 4.78 is 10.5. The summed E-state index contributed by atoms with van der Waals surface area (Å²) in [5, 5.41) is 9.69. The van der Waals surface area contributed by atoms with E-state index in [0.717, 1.165) is 24.5 Å². The van der Waals surface area contributed by atoms with Gasteiger partial charge in [0.2, 0.25) is 0 Å². The van der Waals surface area contributed by atoms with Crippen molar-refractivity contribution >= 4 is 5.91 Å². The van der Waals surface area contributed by atoms with Gasteiger partial charge in [0.15, 0.2) is 0 Å². The number of H-pyrrole nitrogens is 1. The van der Waals surface area contributed by atoms with E-state index >= 15 is 0 Å². The second kappa shape index (κ2) is 5.27. The molecule has 0 unspecified atom stereocenters. The molecule has 0 spiro atoms.